The summed E-state index contributed by atoms with van der Waals surface area (Å²) in [6.07, 6.45) is 1.10. The van der Waals surface area contributed by atoms with E-state index in [1.807, 2.05) is 6.92 Å². The quantitative estimate of drug-likeness (QED) is 0.679. The van der Waals surface area contributed by atoms with Crippen molar-refractivity contribution >= 4 is 0 Å². The third kappa shape index (κ3) is 3.55. The maximum absolute atomic E-state index is 9.60. The van der Waals surface area contributed by atoms with Crippen molar-refractivity contribution in [3.05, 3.63) is 6.29 Å². The molecule has 0 spiro atoms. The van der Waals surface area contributed by atoms with Crippen LogP contribution in [0, 0.1) is 12.2 Å². The second kappa shape index (κ2) is 7.23. The summed E-state index contributed by atoms with van der Waals surface area (Å²) in [5.41, 5.74) is 0. The van der Waals surface area contributed by atoms with Gasteiger partial charge in [-0.3, -0.25) is 0 Å². The maximum atomic E-state index is 9.60. The fourth-order valence-corrected chi connectivity index (χ4v) is 2.98. The molecule has 6 nitrogen and oxygen atoms in total. The van der Waals surface area contributed by atoms with E-state index in [1.54, 1.807) is 0 Å². The van der Waals surface area contributed by atoms with Crippen LogP contribution in [0.3, 0.4) is 0 Å². The summed E-state index contributed by atoms with van der Waals surface area (Å²) in [4.78, 5) is 0. The third-order valence-electron chi connectivity index (χ3n) is 3.85. The van der Waals surface area contributed by atoms with Crippen LogP contribution in [0.15, 0.2) is 0 Å². The molecule has 0 amide bonds. The van der Waals surface area contributed by atoms with Gasteiger partial charge in [0.15, 0.2) is 6.29 Å². The summed E-state index contributed by atoms with van der Waals surface area (Å²) < 4.78 is 22.2. The predicted molar refractivity (Wildman–Crippen MR) is 61.3 cm³/mol. The third-order valence-corrected chi connectivity index (χ3v) is 3.85. The first kappa shape index (κ1) is 16.2. The zero-order valence-corrected chi connectivity index (χ0v) is 13.9. The van der Waals surface area contributed by atoms with E-state index in [1.165, 1.54) is 0 Å². The van der Waals surface area contributed by atoms with Crippen LogP contribution in [0.1, 0.15) is 13.3 Å². The Labute approximate surface area is 138 Å². The van der Waals surface area contributed by atoms with Crippen molar-refractivity contribution in [1.82, 2.24) is 5.32 Å². The number of rotatable bonds is 3. The zero-order valence-electron chi connectivity index (χ0n) is 11.1. The number of hydrogen-bond donors (Lipinski definition) is 2. The summed E-state index contributed by atoms with van der Waals surface area (Å²) >= 11 is 0. The molecule has 3 heterocycles. The van der Waals surface area contributed by atoms with Gasteiger partial charge in [0, 0.05) is 64.2 Å². The number of hydrogen-bond acceptors (Lipinski definition) is 6. The molecule has 4 atom stereocenters. The number of piperidine rings is 1. The van der Waals surface area contributed by atoms with Crippen LogP contribution in [-0.2, 0) is 51.7 Å². The molecule has 107 valence electrons. The Hall–Kier alpha value is 0.864. The van der Waals surface area contributed by atoms with E-state index in [4.69, 9.17) is 18.9 Å². The molecule has 1 radical (unpaired) electrons. The molecule has 0 bridgehead atoms. The van der Waals surface area contributed by atoms with Gasteiger partial charge in [-0.25, -0.2) is 0 Å². The fraction of sp³-hybridized carbons (Fsp3) is 0.917. The van der Waals surface area contributed by atoms with Crippen LogP contribution >= 0.6 is 0 Å². The first-order chi connectivity index (χ1) is 8.78. The number of aliphatic hydroxyl groups is 1. The molecule has 4 unspecified atom stereocenters. The van der Waals surface area contributed by atoms with Crippen LogP contribution in [0.2, 0.25) is 0 Å². The minimum absolute atomic E-state index is 0. The summed E-state index contributed by atoms with van der Waals surface area (Å²) in [5.74, 6) is 0.00833. The Balaban J connectivity index is 0.00000133. The Morgan fingerprint density at radius 2 is 2.00 bits per heavy atom. The Bertz CT molecular complexity index is 289. The van der Waals surface area contributed by atoms with Crippen molar-refractivity contribution in [2.24, 2.45) is 5.92 Å². The van der Waals surface area contributed by atoms with E-state index >= 15 is 0 Å². The zero-order chi connectivity index (χ0) is 12.5. The van der Waals surface area contributed by atoms with Gasteiger partial charge in [0.2, 0.25) is 0 Å². The van der Waals surface area contributed by atoms with E-state index in [0.717, 1.165) is 13.0 Å². The molecule has 7 heteroatoms. The largest absolute Gasteiger partial charge is 0.518 e. The van der Waals surface area contributed by atoms with E-state index in [9.17, 15) is 5.11 Å². The van der Waals surface area contributed by atoms with E-state index in [-0.39, 0.29) is 69.8 Å². The molecule has 2 N–H and O–H groups in total. The number of aliphatic hydroxyl groups excluding tert-OH is 1. The number of ether oxygens (including phenoxy) is 4. The summed E-state index contributed by atoms with van der Waals surface area (Å²) in [5, 5.41) is 13.0. The fourth-order valence-electron chi connectivity index (χ4n) is 2.98. The number of nitrogens with one attached hydrogen (secondary N) is 1. The van der Waals surface area contributed by atoms with Gasteiger partial charge < -0.3 is 29.4 Å². The van der Waals surface area contributed by atoms with Crippen LogP contribution in [-0.4, -0.2) is 56.0 Å². The molecule has 0 aromatic carbocycles. The van der Waals surface area contributed by atoms with Crippen molar-refractivity contribution in [1.29, 1.82) is 0 Å². The van der Waals surface area contributed by atoms with Crippen LogP contribution < -0.4 is 5.32 Å². The maximum Gasteiger partial charge on any atom is 0.159 e. The molecule has 3 saturated heterocycles. The molecule has 3 aliphatic rings. The van der Waals surface area contributed by atoms with Crippen molar-refractivity contribution in [3.8, 4) is 0 Å². The van der Waals surface area contributed by atoms with E-state index in [0.29, 0.717) is 19.5 Å². The van der Waals surface area contributed by atoms with Crippen LogP contribution in [0.4, 0.5) is 0 Å². The Morgan fingerprint density at radius 3 is 2.68 bits per heavy atom. The van der Waals surface area contributed by atoms with Crippen molar-refractivity contribution in [2.75, 3.05) is 26.4 Å². The van der Waals surface area contributed by atoms with Gasteiger partial charge in [-0.2, -0.15) is 0 Å². The van der Waals surface area contributed by atoms with Crippen LogP contribution in [0.25, 0.3) is 0 Å². The second-order valence-corrected chi connectivity index (χ2v) is 5.00. The molecule has 19 heavy (non-hydrogen) atoms. The van der Waals surface area contributed by atoms with Gasteiger partial charge in [0.25, 0.3) is 0 Å². The minimum atomic E-state index is -0.166. The topological polar surface area (TPSA) is 69.2 Å². The average molecular weight is 347 g/mol. The summed E-state index contributed by atoms with van der Waals surface area (Å²) in [6.45, 7) is 3.92. The summed E-state index contributed by atoms with van der Waals surface area (Å²) in [6, 6.07) is 0.133. The van der Waals surface area contributed by atoms with E-state index in [2.05, 4.69) is 5.32 Å². The van der Waals surface area contributed by atoms with Crippen LogP contribution in [0.5, 0.6) is 0 Å². The Kier molecular flexibility index (Phi) is 6.18. The molecule has 0 saturated carbocycles. The second-order valence-electron chi connectivity index (χ2n) is 5.00. The molecule has 3 fully saturated rings. The smallest absolute Gasteiger partial charge is 0.159 e. The van der Waals surface area contributed by atoms with Gasteiger partial charge in [-0.1, -0.05) is 6.29 Å². The van der Waals surface area contributed by atoms with Crippen molar-refractivity contribution in [3.63, 3.8) is 0 Å². The Morgan fingerprint density at radius 1 is 1.26 bits per heavy atom. The predicted octanol–water partition coefficient (Wildman–Crippen LogP) is -0.379. The molecule has 3 aliphatic heterocycles. The van der Waals surface area contributed by atoms with Gasteiger partial charge in [-0.15, -0.1) is 6.92 Å². The van der Waals surface area contributed by atoms with E-state index < -0.39 is 0 Å². The number of fused-ring (bicyclic) bond motifs is 1. The van der Waals surface area contributed by atoms with Gasteiger partial charge >= 0.3 is 0 Å². The molecule has 3 rings (SSSR count). The monoisotopic (exact) mass is 347 g/mol. The normalized spacial score (nSPS) is 40.1. The van der Waals surface area contributed by atoms with Crippen molar-refractivity contribution < 1.29 is 56.8 Å². The SMILES string of the molecule is C[C-]1OC2CNC(CC3OCCO3)C(CO)C2O1.[Y]. The standard InChI is InChI=1S/C12H20NO5.Y/c1-7-17-10-5-13-9(4-11-15-2-3-16-11)8(6-14)12(10)18-7;/h8-14H,2-6H2,1H3;/q-1;. The molecule has 0 aromatic heterocycles. The molecule has 0 aliphatic carbocycles. The average Bonchev–Trinajstić information content (AvgIpc) is 2.97. The van der Waals surface area contributed by atoms with Gasteiger partial charge in [0.05, 0.1) is 25.4 Å². The molecular weight excluding hydrogens is 327 g/mol. The van der Waals surface area contributed by atoms with Crippen molar-refractivity contribution in [2.45, 2.75) is 37.9 Å². The first-order valence-corrected chi connectivity index (χ1v) is 6.52. The molecule has 0 aromatic rings. The summed E-state index contributed by atoms with van der Waals surface area (Å²) in [7, 11) is 0. The first-order valence-electron chi connectivity index (χ1n) is 6.52. The van der Waals surface area contributed by atoms with Gasteiger partial charge in [0.1, 0.15) is 0 Å². The van der Waals surface area contributed by atoms with Gasteiger partial charge in [-0.05, 0) is 0 Å². The molecular formula is C12H20NO5Y-. The minimum Gasteiger partial charge on any atom is -0.518 e.